The van der Waals surface area contributed by atoms with Gasteiger partial charge in [0.1, 0.15) is 0 Å². The summed E-state index contributed by atoms with van der Waals surface area (Å²) in [5.41, 5.74) is 0. The summed E-state index contributed by atoms with van der Waals surface area (Å²) >= 11 is 0. The molecule has 1 nitrogen and oxygen atoms in total. The minimum Gasteiger partial charge on any atom is -1.00 e. The lowest BCUT2D eigenvalue weighted by molar-refractivity contribution is -0.887. The zero-order valence-electron chi connectivity index (χ0n) is 8.41. The fourth-order valence-electron chi connectivity index (χ4n) is 2.08. The molecule has 12 heavy (non-hydrogen) atoms. The molecule has 0 aromatic carbocycles. The normalized spacial score (nSPS) is 28.5. The minimum absolute atomic E-state index is 0. The second kappa shape index (κ2) is 6.41. The van der Waals surface area contributed by atoms with Crippen molar-refractivity contribution in [2.45, 2.75) is 39.5 Å². The van der Waals surface area contributed by atoms with Gasteiger partial charge in [-0.25, -0.2) is 0 Å². The third-order valence-corrected chi connectivity index (χ3v) is 2.95. The van der Waals surface area contributed by atoms with Gasteiger partial charge in [-0.2, -0.15) is 0 Å². The Kier molecular flexibility index (Phi) is 6.35. The molecule has 0 aliphatic carbocycles. The fraction of sp³-hybridized carbons (Fsp3) is 1.00. The SMILES string of the molecule is CCCCC1CC[NH+](CC)C1.[F-]. The van der Waals surface area contributed by atoms with Crippen molar-refractivity contribution in [3.05, 3.63) is 0 Å². The summed E-state index contributed by atoms with van der Waals surface area (Å²) in [4.78, 5) is 1.83. The first-order chi connectivity index (χ1) is 5.36. The van der Waals surface area contributed by atoms with Crippen LogP contribution in [-0.2, 0) is 0 Å². The van der Waals surface area contributed by atoms with Gasteiger partial charge >= 0.3 is 0 Å². The van der Waals surface area contributed by atoms with Crippen molar-refractivity contribution < 1.29 is 9.60 Å². The highest BCUT2D eigenvalue weighted by Crippen LogP contribution is 2.12. The smallest absolute Gasteiger partial charge is 0.0801 e. The van der Waals surface area contributed by atoms with Crippen LogP contribution < -0.4 is 9.60 Å². The van der Waals surface area contributed by atoms with Gasteiger partial charge in [-0.05, 0) is 13.3 Å². The van der Waals surface area contributed by atoms with Gasteiger partial charge in [-0.1, -0.05) is 19.8 Å². The van der Waals surface area contributed by atoms with E-state index in [2.05, 4.69) is 13.8 Å². The minimum atomic E-state index is 0. The van der Waals surface area contributed by atoms with E-state index in [1.54, 1.807) is 0 Å². The van der Waals surface area contributed by atoms with E-state index in [9.17, 15) is 0 Å². The Morgan fingerprint density at radius 1 is 1.33 bits per heavy atom. The topological polar surface area (TPSA) is 4.44 Å². The van der Waals surface area contributed by atoms with E-state index in [0.29, 0.717) is 0 Å². The van der Waals surface area contributed by atoms with E-state index in [1.807, 2.05) is 4.90 Å². The summed E-state index contributed by atoms with van der Waals surface area (Å²) in [6, 6.07) is 0. The molecule has 2 atom stereocenters. The lowest BCUT2D eigenvalue weighted by Gasteiger charge is -2.09. The number of hydrogen-bond acceptors (Lipinski definition) is 0. The maximum Gasteiger partial charge on any atom is 0.0801 e. The maximum atomic E-state index is 2.30. The van der Waals surface area contributed by atoms with Crippen LogP contribution in [0.3, 0.4) is 0 Å². The zero-order chi connectivity index (χ0) is 8.10. The average molecular weight is 175 g/mol. The van der Waals surface area contributed by atoms with Crippen molar-refractivity contribution in [3.63, 3.8) is 0 Å². The van der Waals surface area contributed by atoms with Crippen LogP contribution in [0.1, 0.15) is 39.5 Å². The Morgan fingerprint density at radius 3 is 2.58 bits per heavy atom. The third kappa shape index (κ3) is 3.53. The summed E-state index contributed by atoms with van der Waals surface area (Å²) in [7, 11) is 0. The largest absolute Gasteiger partial charge is 1.00 e. The first kappa shape index (κ1) is 11.9. The first-order valence-electron chi connectivity index (χ1n) is 5.20. The van der Waals surface area contributed by atoms with Crippen molar-refractivity contribution >= 4 is 0 Å². The second-order valence-electron chi connectivity index (χ2n) is 3.85. The van der Waals surface area contributed by atoms with E-state index >= 15 is 0 Å². The standard InChI is InChI=1S/C10H21N.FH/c1-3-5-6-10-7-8-11(4-2)9-10;/h10H,3-9H2,1-2H3;1H. The molecule has 0 bridgehead atoms. The number of quaternary nitrogens is 1. The molecule has 0 radical (unpaired) electrons. The molecule has 0 aromatic rings. The highest BCUT2D eigenvalue weighted by atomic mass is 19.0. The molecule has 1 aliphatic rings. The van der Waals surface area contributed by atoms with Gasteiger partial charge in [-0.15, -0.1) is 0 Å². The molecular weight excluding hydrogens is 153 g/mol. The molecule has 1 aliphatic heterocycles. The monoisotopic (exact) mass is 175 g/mol. The van der Waals surface area contributed by atoms with Gasteiger partial charge in [-0.3, -0.25) is 0 Å². The van der Waals surface area contributed by atoms with Crippen molar-refractivity contribution in [2.24, 2.45) is 5.92 Å². The quantitative estimate of drug-likeness (QED) is 0.509. The first-order valence-corrected chi connectivity index (χ1v) is 5.20. The zero-order valence-corrected chi connectivity index (χ0v) is 8.41. The molecule has 2 heteroatoms. The predicted molar refractivity (Wildman–Crippen MR) is 48.9 cm³/mol. The average Bonchev–Trinajstić information content (AvgIpc) is 2.48. The number of rotatable bonds is 4. The lowest BCUT2D eigenvalue weighted by Crippen LogP contribution is -3.09. The van der Waals surface area contributed by atoms with Crippen LogP contribution in [0, 0.1) is 5.92 Å². The van der Waals surface area contributed by atoms with Crippen LogP contribution in [-0.4, -0.2) is 19.6 Å². The molecule has 0 saturated carbocycles. The molecule has 0 aromatic heterocycles. The van der Waals surface area contributed by atoms with Crippen molar-refractivity contribution in [3.8, 4) is 0 Å². The molecule has 1 N–H and O–H groups in total. The Morgan fingerprint density at radius 2 is 2.08 bits per heavy atom. The van der Waals surface area contributed by atoms with Gasteiger partial charge in [0.25, 0.3) is 0 Å². The van der Waals surface area contributed by atoms with Gasteiger partial charge < -0.3 is 9.60 Å². The van der Waals surface area contributed by atoms with Crippen LogP contribution >= 0.6 is 0 Å². The van der Waals surface area contributed by atoms with Crippen LogP contribution in [0.4, 0.5) is 0 Å². The van der Waals surface area contributed by atoms with E-state index in [0.717, 1.165) is 5.92 Å². The molecule has 1 heterocycles. The molecular formula is C10H22FN. The van der Waals surface area contributed by atoms with Crippen LogP contribution in [0.2, 0.25) is 0 Å². The number of halogens is 1. The lowest BCUT2D eigenvalue weighted by atomic mass is 10.0. The van der Waals surface area contributed by atoms with Gasteiger partial charge in [0.15, 0.2) is 0 Å². The Balaban J connectivity index is 0.00000121. The Hall–Kier alpha value is -0.110. The Bertz CT molecular complexity index is 106. The molecule has 2 unspecified atom stereocenters. The summed E-state index contributed by atoms with van der Waals surface area (Å²) < 4.78 is 0. The van der Waals surface area contributed by atoms with E-state index in [4.69, 9.17) is 0 Å². The Labute approximate surface area is 75.5 Å². The van der Waals surface area contributed by atoms with Crippen molar-refractivity contribution in [1.82, 2.24) is 0 Å². The van der Waals surface area contributed by atoms with E-state index in [-0.39, 0.29) is 4.70 Å². The molecule has 74 valence electrons. The van der Waals surface area contributed by atoms with Crippen molar-refractivity contribution in [2.75, 3.05) is 19.6 Å². The number of likely N-dealkylation sites (tertiary alicyclic amines) is 1. The second-order valence-corrected chi connectivity index (χ2v) is 3.85. The van der Waals surface area contributed by atoms with Crippen LogP contribution in [0.25, 0.3) is 0 Å². The number of hydrogen-bond donors (Lipinski definition) is 1. The molecule has 1 saturated heterocycles. The maximum absolute atomic E-state index is 2.30. The summed E-state index contributed by atoms with van der Waals surface area (Å²) in [5.74, 6) is 1.06. The third-order valence-electron chi connectivity index (χ3n) is 2.95. The fourth-order valence-corrected chi connectivity index (χ4v) is 2.08. The van der Waals surface area contributed by atoms with E-state index < -0.39 is 0 Å². The number of nitrogens with one attached hydrogen (secondary N) is 1. The van der Waals surface area contributed by atoms with Crippen LogP contribution in [0.15, 0.2) is 0 Å². The highest BCUT2D eigenvalue weighted by Gasteiger charge is 2.23. The van der Waals surface area contributed by atoms with Crippen LogP contribution in [0.5, 0.6) is 0 Å². The molecule has 0 amide bonds. The van der Waals surface area contributed by atoms with E-state index in [1.165, 1.54) is 45.3 Å². The predicted octanol–water partition coefficient (Wildman–Crippen LogP) is -1.89. The summed E-state index contributed by atoms with van der Waals surface area (Å²) in [6.07, 6.45) is 5.79. The van der Waals surface area contributed by atoms with Gasteiger partial charge in [0.2, 0.25) is 0 Å². The van der Waals surface area contributed by atoms with Gasteiger partial charge in [0, 0.05) is 12.3 Å². The van der Waals surface area contributed by atoms with Gasteiger partial charge in [0.05, 0.1) is 19.6 Å². The summed E-state index contributed by atoms with van der Waals surface area (Å²) in [5, 5.41) is 0. The molecule has 1 fully saturated rings. The molecule has 0 spiro atoms. The number of unbranched alkanes of at least 4 members (excludes halogenated alkanes) is 1. The summed E-state index contributed by atoms with van der Waals surface area (Å²) in [6.45, 7) is 8.82. The highest BCUT2D eigenvalue weighted by molar-refractivity contribution is 4.61. The van der Waals surface area contributed by atoms with Crippen molar-refractivity contribution in [1.29, 1.82) is 0 Å². The molecule has 1 rings (SSSR count).